The Bertz CT molecular complexity index is 422. The van der Waals surface area contributed by atoms with Crippen molar-refractivity contribution in [2.45, 2.75) is 65.0 Å². The van der Waals surface area contributed by atoms with Crippen LogP contribution in [-0.2, 0) is 9.59 Å². The summed E-state index contributed by atoms with van der Waals surface area (Å²) in [6.45, 7) is 6.87. The predicted molar refractivity (Wildman–Crippen MR) is 80.6 cm³/mol. The smallest absolute Gasteiger partial charge is 0.326 e. The van der Waals surface area contributed by atoms with E-state index in [4.69, 9.17) is 5.73 Å². The summed E-state index contributed by atoms with van der Waals surface area (Å²) in [7, 11) is 0. The molecular weight excluding hydrogens is 268 g/mol. The molecule has 1 heterocycles. The lowest BCUT2D eigenvalue weighted by Gasteiger charge is -2.48. The summed E-state index contributed by atoms with van der Waals surface area (Å²) in [6.07, 6.45) is 3.96. The number of likely N-dealkylation sites (tertiary alicyclic amines) is 1. The lowest BCUT2D eigenvalue weighted by atomic mass is 9.60. The van der Waals surface area contributed by atoms with Gasteiger partial charge < -0.3 is 15.7 Å². The van der Waals surface area contributed by atoms with Crippen molar-refractivity contribution in [3.8, 4) is 0 Å². The van der Waals surface area contributed by atoms with Crippen LogP contribution in [0.3, 0.4) is 0 Å². The summed E-state index contributed by atoms with van der Waals surface area (Å²) in [6, 6.07) is -0.520. The summed E-state index contributed by atoms with van der Waals surface area (Å²) in [5.41, 5.74) is 5.97. The summed E-state index contributed by atoms with van der Waals surface area (Å²) in [5, 5.41) is 9.37. The molecule has 2 fully saturated rings. The van der Waals surface area contributed by atoms with Crippen LogP contribution < -0.4 is 5.73 Å². The van der Waals surface area contributed by atoms with Crippen LogP contribution in [0.5, 0.6) is 0 Å². The highest BCUT2D eigenvalue weighted by molar-refractivity contribution is 5.86. The van der Waals surface area contributed by atoms with Gasteiger partial charge in [0.1, 0.15) is 6.04 Å². The molecule has 0 bridgehead atoms. The van der Waals surface area contributed by atoms with Gasteiger partial charge in [-0.1, -0.05) is 20.8 Å². The Morgan fingerprint density at radius 2 is 1.86 bits per heavy atom. The van der Waals surface area contributed by atoms with Crippen LogP contribution in [0.25, 0.3) is 0 Å². The number of hydrogen-bond donors (Lipinski definition) is 2. The number of nitrogens with two attached hydrogens (primary N) is 1. The standard InChI is InChI=1S/C16H28N2O3/c1-10-12(17)8-7-11(16(10,2)3)14(19)18-9-5-4-6-13(18)15(20)21/h10-13H,4-9,17H2,1-3H3,(H,20,21)/t10?,11?,12?,13-/m0/s1. The van der Waals surface area contributed by atoms with Crippen molar-refractivity contribution in [3.63, 3.8) is 0 Å². The molecule has 5 nitrogen and oxygen atoms in total. The molecule has 1 aliphatic heterocycles. The van der Waals surface area contributed by atoms with E-state index in [0.717, 1.165) is 25.7 Å². The Kier molecular flexibility index (Phi) is 4.61. The van der Waals surface area contributed by atoms with E-state index in [1.165, 1.54) is 0 Å². The molecule has 120 valence electrons. The molecule has 0 aromatic rings. The van der Waals surface area contributed by atoms with Crippen molar-refractivity contribution in [1.29, 1.82) is 0 Å². The molecule has 0 aromatic carbocycles. The van der Waals surface area contributed by atoms with Gasteiger partial charge in [-0.3, -0.25) is 4.79 Å². The number of piperidine rings is 1. The maximum Gasteiger partial charge on any atom is 0.326 e. The minimum Gasteiger partial charge on any atom is -0.480 e. The Hall–Kier alpha value is -1.10. The number of carboxylic acid groups (broad SMARTS) is 1. The highest BCUT2D eigenvalue weighted by Gasteiger charge is 2.47. The SMILES string of the molecule is CC1C(N)CCC(C(=O)N2CCCC[C@H]2C(=O)O)C1(C)C. The first-order valence-electron chi connectivity index (χ1n) is 8.05. The first-order chi connectivity index (χ1) is 9.76. The Labute approximate surface area is 126 Å². The van der Waals surface area contributed by atoms with Crippen molar-refractivity contribution in [2.24, 2.45) is 23.0 Å². The van der Waals surface area contributed by atoms with Crippen molar-refractivity contribution >= 4 is 11.9 Å². The van der Waals surface area contributed by atoms with E-state index in [1.54, 1.807) is 4.90 Å². The second-order valence-electron chi connectivity index (χ2n) is 7.29. The lowest BCUT2D eigenvalue weighted by molar-refractivity contribution is -0.158. The first-order valence-corrected chi connectivity index (χ1v) is 8.05. The molecule has 4 atom stereocenters. The van der Waals surface area contributed by atoms with Crippen LogP contribution in [0, 0.1) is 17.3 Å². The van der Waals surface area contributed by atoms with E-state index in [-0.39, 0.29) is 29.2 Å². The summed E-state index contributed by atoms with van der Waals surface area (Å²) < 4.78 is 0. The monoisotopic (exact) mass is 296 g/mol. The van der Waals surface area contributed by atoms with Crippen LogP contribution in [0.1, 0.15) is 52.9 Å². The molecule has 1 amide bonds. The van der Waals surface area contributed by atoms with E-state index in [1.807, 2.05) is 0 Å². The van der Waals surface area contributed by atoms with Crippen molar-refractivity contribution in [1.82, 2.24) is 4.90 Å². The molecule has 2 rings (SSSR count). The summed E-state index contributed by atoms with van der Waals surface area (Å²) in [5.74, 6) is -0.715. The quantitative estimate of drug-likeness (QED) is 0.814. The Morgan fingerprint density at radius 1 is 1.19 bits per heavy atom. The molecule has 21 heavy (non-hydrogen) atoms. The number of aliphatic carboxylic acids is 1. The normalized spacial score (nSPS) is 36.3. The van der Waals surface area contributed by atoms with Crippen molar-refractivity contribution in [3.05, 3.63) is 0 Å². The zero-order valence-electron chi connectivity index (χ0n) is 13.3. The summed E-state index contributed by atoms with van der Waals surface area (Å²) in [4.78, 5) is 26.0. The van der Waals surface area contributed by atoms with Crippen LogP contribution in [0.2, 0.25) is 0 Å². The van der Waals surface area contributed by atoms with Gasteiger partial charge in [0.05, 0.1) is 0 Å². The number of nitrogens with zero attached hydrogens (tertiary/aromatic N) is 1. The van der Waals surface area contributed by atoms with Crippen LogP contribution in [0.15, 0.2) is 0 Å². The second kappa shape index (κ2) is 5.95. The molecule has 5 heteroatoms. The molecule has 1 aliphatic carbocycles. The minimum atomic E-state index is -0.874. The fourth-order valence-electron chi connectivity index (χ4n) is 3.94. The Balaban J connectivity index is 2.20. The van der Waals surface area contributed by atoms with Gasteiger partial charge in [-0.25, -0.2) is 4.79 Å². The van der Waals surface area contributed by atoms with E-state index in [9.17, 15) is 14.7 Å². The average molecular weight is 296 g/mol. The molecule has 3 N–H and O–H groups in total. The highest BCUT2D eigenvalue weighted by Crippen LogP contribution is 2.45. The van der Waals surface area contributed by atoms with E-state index in [0.29, 0.717) is 13.0 Å². The zero-order valence-corrected chi connectivity index (χ0v) is 13.3. The largest absolute Gasteiger partial charge is 0.480 e. The third-order valence-electron chi connectivity index (χ3n) is 5.87. The van der Waals surface area contributed by atoms with Gasteiger partial charge in [0.25, 0.3) is 0 Å². The topological polar surface area (TPSA) is 83.6 Å². The first kappa shape index (κ1) is 16.3. The fourth-order valence-corrected chi connectivity index (χ4v) is 3.94. The zero-order chi connectivity index (χ0) is 15.8. The third kappa shape index (κ3) is 2.93. The number of carboxylic acids is 1. The third-order valence-corrected chi connectivity index (χ3v) is 5.87. The second-order valence-corrected chi connectivity index (χ2v) is 7.29. The predicted octanol–water partition coefficient (Wildman–Crippen LogP) is 1.85. The van der Waals surface area contributed by atoms with Gasteiger partial charge in [0, 0.05) is 18.5 Å². The molecule has 0 spiro atoms. The van der Waals surface area contributed by atoms with Crippen molar-refractivity contribution in [2.75, 3.05) is 6.54 Å². The van der Waals surface area contributed by atoms with Gasteiger partial charge in [-0.2, -0.15) is 0 Å². The van der Waals surface area contributed by atoms with Gasteiger partial charge in [-0.15, -0.1) is 0 Å². The van der Waals surface area contributed by atoms with Gasteiger partial charge in [-0.05, 0) is 43.4 Å². The lowest BCUT2D eigenvalue weighted by Crippen LogP contribution is -2.56. The number of carbonyl (C=O) groups is 2. The molecule has 0 aromatic heterocycles. The van der Waals surface area contributed by atoms with Gasteiger partial charge in [0.15, 0.2) is 0 Å². The molecule has 1 saturated carbocycles. The molecule has 0 radical (unpaired) electrons. The maximum absolute atomic E-state index is 13.0. The maximum atomic E-state index is 13.0. The van der Waals surface area contributed by atoms with Crippen molar-refractivity contribution < 1.29 is 14.7 Å². The number of rotatable bonds is 2. The minimum absolute atomic E-state index is 0.0193. The number of hydrogen-bond acceptors (Lipinski definition) is 3. The average Bonchev–Trinajstić information content (AvgIpc) is 2.44. The van der Waals surface area contributed by atoms with Gasteiger partial charge in [0.2, 0.25) is 5.91 Å². The fraction of sp³-hybridized carbons (Fsp3) is 0.875. The van der Waals surface area contributed by atoms with Crippen LogP contribution in [-0.4, -0.2) is 40.5 Å². The van der Waals surface area contributed by atoms with Crippen LogP contribution >= 0.6 is 0 Å². The molecule has 2 aliphatic rings. The number of amides is 1. The molecule has 1 saturated heterocycles. The summed E-state index contributed by atoms with van der Waals surface area (Å²) >= 11 is 0. The molecular formula is C16H28N2O3. The highest BCUT2D eigenvalue weighted by atomic mass is 16.4. The van der Waals surface area contributed by atoms with E-state index < -0.39 is 12.0 Å². The van der Waals surface area contributed by atoms with Gasteiger partial charge >= 0.3 is 5.97 Å². The number of carbonyl (C=O) groups excluding carboxylic acids is 1. The van der Waals surface area contributed by atoms with Crippen LogP contribution in [0.4, 0.5) is 0 Å². The van der Waals surface area contributed by atoms with E-state index >= 15 is 0 Å². The molecule has 3 unspecified atom stereocenters. The Morgan fingerprint density at radius 3 is 2.48 bits per heavy atom. The van der Waals surface area contributed by atoms with E-state index in [2.05, 4.69) is 20.8 Å².